The van der Waals surface area contributed by atoms with Crippen molar-refractivity contribution in [3.8, 4) is 0 Å². The zero-order chi connectivity index (χ0) is 19.5. The van der Waals surface area contributed by atoms with Gasteiger partial charge in [0, 0.05) is 29.5 Å². The quantitative estimate of drug-likeness (QED) is 0.496. The maximum atomic E-state index is 13.5. The summed E-state index contributed by atoms with van der Waals surface area (Å²) in [6.07, 6.45) is 12.1. The summed E-state index contributed by atoms with van der Waals surface area (Å²) in [6.45, 7) is 5.93. The third-order valence-electron chi connectivity index (χ3n) is 9.19. The van der Waals surface area contributed by atoms with E-state index >= 15 is 0 Å². The molecule has 0 aromatic heterocycles. The van der Waals surface area contributed by atoms with Crippen molar-refractivity contribution in [2.75, 3.05) is 6.54 Å². The number of Topliss-reactive ketones (excluding diaryl/α,β-unsaturated/α-hetero) is 1. The van der Waals surface area contributed by atoms with E-state index in [1.54, 1.807) is 0 Å². The SMILES string of the molecule is C[C@]12C=CCN[C@@H]1CC[C@@H]1[C@@H]2CC[C@]2(C)[C@@H](C(=O)c3ccccc3Cl)CC[C@@H]12. The molecule has 1 heterocycles. The lowest BCUT2D eigenvalue weighted by Gasteiger charge is -2.59. The predicted octanol–water partition coefficient (Wildman–Crippen LogP) is 5.91. The molecule has 5 rings (SSSR count). The molecule has 1 aromatic carbocycles. The second kappa shape index (κ2) is 6.71. The molecule has 0 spiro atoms. The monoisotopic (exact) mass is 397 g/mol. The fourth-order valence-corrected chi connectivity index (χ4v) is 7.98. The molecule has 1 aromatic rings. The Balaban J connectivity index is 1.44. The van der Waals surface area contributed by atoms with Gasteiger partial charge in [0.2, 0.25) is 0 Å². The van der Waals surface area contributed by atoms with Gasteiger partial charge in [0.15, 0.2) is 5.78 Å². The Kier molecular flexibility index (Phi) is 4.52. The van der Waals surface area contributed by atoms with Gasteiger partial charge in [-0.1, -0.05) is 49.7 Å². The van der Waals surface area contributed by atoms with Crippen molar-refractivity contribution >= 4 is 17.4 Å². The molecule has 0 amide bonds. The van der Waals surface area contributed by atoms with Gasteiger partial charge in [0.25, 0.3) is 0 Å². The van der Waals surface area contributed by atoms with E-state index < -0.39 is 0 Å². The summed E-state index contributed by atoms with van der Waals surface area (Å²) in [5.74, 6) is 2.60. The van der Waals surface area contributed by atoms with Crippen LogP contribution < -0.4 is 5.32 Å². The molecule has 0 saturated heterocycles. The first-order valence-corrected chi connectivity index (χ1v) is 11.5. The van der Waals surface area contributed by atoms with Crippen LogP contribution in [0.2, 0.25) is 5.02 Å². The zero-order valence-electron chi connectivity index (χ0n) is 17.1. The lowest BCUT2D eigenvalue weighted by molar-refractivity contribution is -0.0618. The molecule has 2 nitrogen and oxygen atoms in total. The van der Waals surface area contributed by atoms with Crippen LogP contribution in [0.3, 0.4) is 0 Å². The largest absolute Gasteiger partial charge is 0.310 e. The van der Waals surface area contributed by atoms with E-state index in [0.717, 1.165) is 30.4 Å². The van der Waals surface area contributed by atoms with Crippen molar-refractivity contribution in [3.05, 3.63) is 47.0 Å². The minimum Gasteiger partial charge on any atom is -0.310 e. The van der Waals surface area contributed by atoms with Crippen LogP contribution in [-0.2, 0) is 0 Å². The van der Waals surface area contributed by atoms with Crippen LogP contribution in [0.1, 0.15) is 62.7 Å². The Morgan fingerprint density at radius 2 is 1.89 bits per heavy atom. The molecule has 4 aliphatic rings. The topological polar surface area (TPSA) is 29.1 Å². The number of rotatable bonds is 2. The Morgan fingerprint density at radius 1 is 1.07 bits per heavy atom. The lowest BCUT2D eigenvalue weighted by atomic mass is 9.47. The van der Waals surface area contributed by atoms with Crippen LogP contribution in [0.15, 0.2) is 36.4 Å². The van der Waals surface area contributed by atoms with Gasteiger partial charge in [-0.3, -0.25) is 4.79 Å². The van der Waals surface area contributed by atoms with Crippen molar-refractivity contribution in [2.45, 2.75) is 58.4 Å². The normalized spacial score (nSPS) is 44.5. The average molecular weight is 398 g/mol. The predicted molar refractivity (Wildman–Crippen MR) is 115 cm³/mol. The van der Waals surface area contributed by atoms with Gasteiger partial charge in [-0.05, 0) is 73.8 Å². The van der Waals surface area contributed by atoms with E-state index in [4.69, 9.17) is 11.6 Å². The van der Waals surface area contributed by atoms with Crippen LogP contribution in [0.5, 0.6) is 0 Å². The molecular weight excluding hydrogens is 366 g/mol. The standard InChI is InChI=1S/C25H32ClNO/c1-24-14-12-19-16(8-11-22-25(19,2)13-5-15-27-22)18(24)9-10-20(24)23(28)17-6-3-4-7-21(17)26/h3-7,13,16,18-20,22,27H,8-12,14-15H2,1-2H3/t16-,18-,19-,20+,22+,24-,25+/m0/s1. The number of hydrogen-bond donors (Lipinski definition) is 1. The van der Waals surface area contributed by atoms with E-state index in [1.165, 1.54) is 32.1 Å². The van der Waals surface area contributed by atoms with E-state index in [9.17, 15) is 4.79 Å². The van der Waals surface area contributed by atoms with Crippen molar-refractivity contribution in [2.24, 2.45) is 34.5 Å². The number of nitrogens with one attached hydrogen (secondary N) is 1. The van der Waals surface area contributed by atoms with Gasteiger partial charge in [0.05, 0.1) is 5.02 Å². The Hall–Kier alpha value is -1.12. The summed E-state index contributed by atoms with van der Waals surface area (Å²) in [5.41, 5.74) is 1.15. The molecule has 1 N–H and O–H groups in total. The summed E-state index contributed by atoms with van der Waals surface area (Å²) in [6, 6.07) is 8.25. The van der Waals surface area contributed by atoms with Crippen LogP contribution in [0, 0.1) is 34.5 Å². The van der Waals surface area contributed by atoms with Gasteiger partial charge in [-0.25, -0.2) is 0 Å². The highest BCUT2D eigenvalue weighted by atomic mass is 35.5. The van der Waals surface area contributed by atoms with Crippen molar-refractivity contribution in [1.29, 1.82) is 0 Å². The Morgan fingerprint density at radius 3 is 2.71 bits per heavy atom. The first-order chi connectivity index (χ1) is 13.4. The fourth-order valence-electron chi connectivity index (χ4n) is 7.76. The summed E-state index contributed by atoms with van der Waals surface area (Å²) in [4.78, 5) is 13.5. The number of carbonyl (C=O) groups excluding carboxylic acids is 1. The third-order valence-corrected chi connectivity index (χ3v) is 9.52. The lowest BCUT2D eigenvalue weighted by Crippen LogP contribution is -2.58. The molecule has 0 unspecified atom stereocenters. The van der Waals surface area contributed by atoms with Crippen LogP contribution in [0.25, 0.3) is 0 Å². The minimum atomic E-state index is 0.129. The van der Waals surface area contributed by atoms with Gasteiger partial charge in [0.1, 0.15) is 0 Å². The zero-order valence-corrected chi connectivity index (χ0v) is 17.8. The highest BCUT2D eigenvalue weighted by Gasteiger charge is 2.60. The molecule has 0 radical (unpaired) electrons. The molecule has 150 valence electrons. The summed E-state index contributed by atoms with van der Waals surface area (Å²) in [7, 11) is 0. The second-order valence-electron chi connectivity index (χ2n) is 10.2. The number of hydrogen-bond acceptors (Lipinski definition) is 2. The molecule has 0 bridgehead atoms. The van der Waals surface area contributed by atoms with E-state index in [2.05, 4.69) is 31.3 Å². The summed E-state index contributed by atoms with van der Waals surface area (Å²) in [5, 5.41) is 4.37. The smallest absolute Gasteiger partial charge is 0.167 e. The molecule has 3 saturated carbocycles. The van der Waals surface area contributed by atoms with Crippen LogP contribution in [-0.4, -0.2) is 18.4 Å². The van der Waals surface area contributed by atoms with Crippen molar-refractivity contribution in [3.63, 3.8) is 0 Å². The van der Waals surface area contributed by atoms with Crippen LogP contribution in [0.4, 0.5) is 0 Å². The third kappa shape index (κ3) is 2.60. The molecule has 7 atom stereocenters. The maximum Gasteiger partial charge on any atom is 0.167 e. The number of fused-ring (bicyclic) bond motifs is 5. The van der Waals surface area contributed by atoms with E-state index in [1.807, 2.05) is 24.3 Å². The molecular formula is C25H32ClNO. The molecule has 1 aliphatic heterocycles. The fraction of sp³-hybridized carbons (Fsp3) is 0.640. The molecule has 3 aliphatic carbocycles. The number of carbonyl (C=O) groups is 1. The van der Waals surface area contributed by atoms with Gasteiger partial charge < -0.3 is 5.32 Å². The number of benzene rings is 1. The van der Waals surface area contributed by atoms with Gasteiger partial charge >= 0.3 is 0 Å². The van der Waals surface area contributed by atoms with Crippen molar-refractivity contribution in [1.82, 2.24) is 5.32 Å². The summed E-state index contributed by atoms with van der Waals surface area (Å²) >= 11 is 6.39. The Labute approximate surface area is 174 Å². The Bertz CT molecular complexity index is 819. The van der Waals surface area contributed by atoms with Crippen LogP contribution >= 0.6 is 11.6 Å². The highest BCUT2D eigenvalue weighted by molar-refractivity contribution is 6.34. The van der Waals surface area contributed by atoms with E-state index in [0.29, 0.717) is 17.0 Å². The number of halogens is 1. The van der Waals surface area contributed by atoms with E-state index in [-0.39, 0.29) is 22.5 Å². The van der Waals surface area contributed by atoms with Gasteiger partial charge in [-0.2, -0.15) is 0 Å². The first-order valence-electron chi connectivity index (χ1n) is 11.1. The first kappa shape index (κ1) is 18.9. The van der Waals surface area contributed by atoms with Gasteiger partial charge in [-0.15, -0.1) is 0 Å². The second-order valence-corrected chi connectivity index (χ2v) is 10.6. The molecule has 28 heavy (non-hydrogen) atoms. The highest BCUT2D eigenvalue weighted by Crippen LogP contribution is 2.65. The molecule has 3 fully saturated rings. The van der Waals surface area contributed by atoms with Crippen molar-refractivity contribution < 1.29 is 4.79 Å². The average Bonchev–Trinajstić information content (AvgIpc) is 3.04. The number of ketones is 1. The minimum absolute atomic E-state index is 0.129. The molecule has 3 heteroatoms. The maximum absolute atomic E-state index is 13.5. The summed E-state index contributed by atoms with van der Waals surface area (Å²) < 4.78 is 0.